The number of rotatable bonds is 4. The first-order valence-corrected chi connectivity index (χ1v) is 6.17. The molecular weight excluding hydrogens is 182 g/mol. The molecule has 1 heteroatoms. The predicted molar refractivity (Wildman–Crippen MR) is 65.0 cm³/mol. The second-order valence-electron chi connectivity index (χ2n) is 4.54. The van der Waals surface area contributed by atoms with Crippen molar-refractivity contribution in [2.75, 3.05) is 6.54 Å². The highest BCUT2D eigenvalue weighted by molar-refractivity contribution is 5.16. The van der Waals surface area contributed by atoms with Crippen LogP contribution < -0.4 is 5.32 Å². The van der Waals surface area contributed by atoms with Crippen LogP contribution in [-0.2, 0) is 6.42 Å². The van der Waals surface area contributed by atoms with Crippen LogP contribution in [0.25, 0.3) is 0 Å². The van der Waals surface area contributed by atoms with E-state index in [0.717, 1.165) is 18.5 Å². The van der Waals surface area contributed by atoms with Crippen molar-refractivity contribution in [1.82, 2.24) is 5.32 Å². The van der Waals surface area contributed by atoms with Gasteiger partial charge in [-0.3, -0.25) is 0 Å². The minimum absolute atomic E-state index is 0.759. The summed E-state index contributed by atoms with van der Waals surface area (Å²) in [5, 5.41) is 3.61. The van der Waals surface area contributed by atoms with Gasteiger partial charge in [-0.2, -0.15) is 0 Å². The van der Waals surface area contributed by atoms with Crippen molar-refractivity contribution in [3.63, 3.8) is 0 Å². The highest BCUT2D eigenvalue weighted by atomic mass is 14.9. The van der Waals surface area contributed by atoms with E-state index in [4.69, 9.17) is 0 Å². The van der Waals surface area contributed by atoms with E-state index in [1.165, 1.54) is 31.2 Å². The first-order valence-electron chi connectivity index (χ1n) is 6.17. The van der Waals surface area contributed by atoms with Crippen LogP contribution in [0.4, 0.5) is 0 Å². The maximum Gasteiger partial charge on any atom is 0.00983 e. The third-order valence-corrected chi connectivity index (χ3v) is 3.47. The Labute approximate surface area is 92.9 Å². The smallest absolute Gasteiger partial charge is 0.00983 e. The lowest BCUT2D eigenvalue weighted by Gasteiger charge is -2.20. The molecule has 0 radical (unpaired) electrons. The fourth-order valence-corrected chi connectivity index (χ4v) is 2.73. The van der Waals surface area contributed by atoms with Crippen LogP contribution in [-0.4, -0.2) is 12.6 Å². The summed E-state index contributed by atoms with van der Waals surface area (Å²) < 4.78 is 0. The molecule has 1 saturated carbocycles. The van der Waals surface area contributed by atoms with Gasteiger partial charge in [-0.25, -0.2) is 0 Å². The van der Waals surface area contributed by atoms with Crippen LogP contribution >= 0.6 is 0 Å². The second kappa shape index (κ2) is 5.32. The lowest BCUT2D eigenvalue weighted by Crippen LogP contribution is -2.33. The summed E-state index contributed by atoms with van der Waals surface area (Å²) in [4.78, 5) is 0. The molecule has 1 aliphatic carbocycles. The Morgan fingerprint density at radius 2 is 2.00 bits per heavy atom. The fraction of sp³-hybridized carbons (Fsp3) is 0.571. The normalized spacial score (nSPS) is 25.7. The average Bonchev–Trinajstić information content (AvgIpc) is 2.68. The lowest BCUT2D eigenvalue weighted by atomic mass is 9.95. The summed E-state index contributed by atoms with van der Waals surface area (Å²) in [6.07, 6.45) is 5.41. The molecular formula is C14H21N. The summed E-state index contributed by atoms with van der Waals surface area (Å²) in [6.45, 7) is 3.31. The highest BCUT2D eigenvalue weighted by Crippen LogP contribution is 2.28. The van der Waals surface area contributed by atoms with Crippen molar-refractivity contribution >= 4 is 0 Å². The Morgan fingerprint density at radius 3 is 2.73 bits per heavy atom. The first kappa shape index (κ1) is 10.7. The molecule has 0 bridgehead atoms. The van der Waals surface area contributed by atoms with Crippen LogP contribution in [0, 0.1) is 5.92 Å². The molecule has 0 aromatic heterocycles. The minimum atomic E-state index is 0.759. The van der Waals surface area contributed by atoms with Crippen molar-refractivity contribution in [2.45, 2.75) is 38.6 Å². The quantitative estimate of drug-likeness (QED) is 0.793. The molecule has 0 aliphatic heterocycles. The number of hydrogen-bond donors (Lipinski definition) is 1. The molecule has 82 valence electrons. The van der Waals surface area contributed by atoms with Crippen LogP contribution in [0.1, 0.15) is 31.7 Å². The topological polar surface area (TPSA) is 12.0 Å². The maximum absolute atomic E-state index is 3.61. The summed E-state index contributed by atoms with van der Waals surface area (Å²) in [5.41, 5.74) is 1.49. The van der Waals surface area contributed by atoms with Crippen molar-refractivity contribution in [3.8, 4) is 0 Å². The fourth-order valence-electron chi connectivity index (χ4n) is 2.73. The molecule has 1 fully saturated rings. The maximum atomic E-state index is 3.61. The van der Waals surface area contributed by atoms with Crippen LogP contribution in [0.5, 0.6) is 0 Å². The molecule has 0 amide bonds. The Kier molecular flexibility index (Phi) is 3.79. The largest absolute Gasteiger partial charge is 0.314 e. The van der Waals surface area contributed by atoms with E-state index in [-0.39, 0.29) is 0 Å². The van der Waals surface area contributed by atoms with Crippen molar-refractivity contribution in [1.29, 1.82) is 0 Å². The van der Waals surface area contributed by atoms with Crippen molar-refractivity contribution in [2.24, 2.45) is 5.92 Å². The van der Waals surface area contributed by atoms with Gasteiger partial charge in [0.2, 0.25) is 0 Å². The summed E-state index contributed by atoms with van der Waals surface area (Å²) in [5.74, 6) is 0.854. The molecule has 2 rings (SSSR count). The van der Waals surface area contributed by atoms with E-state index in [9.17, 15) is 0 Å². The lowest BCUT2D eigenvalue weighted by molar-refractivity contribution is 0.406. The van der Waals surface area contributed by atoms with E-state index in [1.807, 2.05) is 0 Å². The Balaban J connectivity index is 1.93. The Morgan fingerprint density at radius 1 is 1.20 bits per heavy atom. The van der Waals surface area contributed by atoms with Gasteiger partial charge in [0.15, 0.2) is 0 Å². The molecule has 0 saturated heterocycles. The SMILES string of the molecule is CCNC1CCCC1Cc1ccccc1. The zero-order valence-corrected chi connectivity index (χ0v) is 9.58. The van der Waals surface area contributed by atoms with E-state index in [2.05, 4.69) is 42.6 Å². The van der Waals surface area contributed by atoms with Gasteiger partial charge in [0.1, 0.15) is 0 Å². The molecule has 15 heavy (non-hydrogen) atoms. The van der Waals surface area contributed by atoms with Gasteiger partial charge in [0, 0.05) is 6.04 Å². The second-order valence-corrected chi connectivity index (χ2v) is 4.54. The molecule has 0 heterocycles. The first-order chi connectivity index (χ1) is 7.40. The standard InChI is InChI=1S/C14H21N/c1-2-15-14-10-6-9-13(14)11-12-7-4-3-5-8-12/h3-5,7-8,13-15H,2,6,9-11H2,1H3. The van der Waals surface area contributed by atoms with Gasteiger partial charge >= 0.3 is 0 Å². The third-order valence-electron chi connectivity index (χ3n) is 3.47. The molecule has 2 atom stereocenters. The van der Waals surface area contributed by atoms with Gasteiger partial charge < -0.3 is 5.32 Å². The van der Waals surface area contributed by atoms with Crippen LogP contribution in [0.2, 0.25) is 0 Å². The minimum Gasteiger partial charge on any atom is -0.314 e. The van der Waals surface area contributed by atoms with E-state index >= 15 is 0 Å². The predicted octanol–water partition coefficient (Wildman–Crippen LogP) is 3.01. The van der Waals surface area contributed by atoms with Gasteiger partial charge in [0.05, 0.1) is 0 Å². The summed E-state index contributed by atoms with van der Waals surface area (Å²) >= 11 is 0. The average molecular weight is 203 g/mol. The van der Waals surface area contributed by atoms with E-state index < -0.39 is 0 Å². The van der Waals surface area contributed by atoms with E-state index in [0.29, 0.717) is 0 Å². The van der Waals surface area contributed by atoms with Crippen LogP contribution in [0.3, 0.4) is 0 Å². The van der Waals surface area contributed by atoms with E-state index in [1.54, 1.807) is 0 Å². The van der Waals surface area contributed by atoms with Crippen molar-refractivity contribution in [3.05, 3.63) is 35.9 Å². The van der Waals surface area contributed by atoms with Gasteiger partial charge in [-0.05, 0) is 37.3 Å². The molecule has 1 aliphatic rings. The molecule has 0 spiro atoms. The molecule has 1 aromatic carbocycles. The third kappa shape index (κ3) is 2.82. The van der Waals surface area contributed by atoms with Gasteiger partial charge in [-0.15, -0.1) is 0 Å². The molecule has 2 unspecified atom stereocenters. The summed E-state index contributed by atoms with van der Waals surface area (Å²) in [7, 11) is 0. The Hall–Kier alpha value is -0.820. The van der Waals surface area contributed by atoms with Gasteiger partial charge in [-0.1, -0.05) is 43.7 Å². The summed E-state index contributed by atoms with van der Waals surface area (Å²) in [6, 6.07) is 11.6. The van der Waals surface area contributed by atoms with Gasteiger partial charge in [0.25, 0.3) is 0 Å². The highest BCUT2D eigenvalue weighted by Gasteiger charge is 2.26. The van der Waals surface area contributed by atoms with Crippen molar-refractivity contribution < 1.29 is 0 Å². The number of hydrogen-bond acceptors (Lipinski definition) is 1. The molecule has 1 aromatic rings. The zero-order valence-electron chi connectivity index (χ0n) is 9.58. The van der Waals surface area contributed by atoms with Crippen LogP contribution in [0.15, 0.2) is 30.3 Å². The molecule has 1 N–H and O–H groups in total. The Bertz CT molecular complexity index is 281. The molecule has 1 nitrogen and oxygen atoms in total. The number of benzene rings is 1. The zero-order chi connectivity index (χ0) is 10.5. The number of nitrogens with one attached hydrogen (secondary N) is 1. The monoisotopic (exact) mass is 203 g/mol.